The van der Waals surface area contributed by atoms with Gasteiger partial charge in [-0.15, -0.1) is 0 Å². The fourth-order valence-electron chi connectivity index (χ4n) is 3.48. The van der Waals surface area contributed by atoms with Crippen molar-refractivity contribution in [2.45, 2.75) is 6.54 Å². The second-order valence-electron chi connectivity index (χ2n) is 7.00. The largest absolute Gasteiger partial charge is 0.381 e. The van der Waals surface area contributed by atoms with Gasteiger partial charge in [-0.1, -0.05) is 42.5 Å². The Kier molecular flexibility index (Phi) is 5.70. The molecule has 2 aromatic carbocycles. The molecule has 2 heterocycles. The number of carbonyl (C=O) groups excluding carboxylic acids is 1. The van der Waals surface area contributed by atoms with Crippen LogP contribution < -0.4 is 10.2 Å². The number of benzene rings is 2. The number of rotatable bonds is 5. The number of piperazine rings is 1. The molecule has 0 saturated carbocycles. The molecular weight excluding hydrogens is 367 g/mol. The lowest BCUT2D eigenvalue weighted by Crippen LogP contribution is -2.49. The van der Waals surface area contributed by atoms with Crippen LogP contribution >= 0.6 is 0 Å². The van der Waals surface area contributed by atoms with E-state index in [0.29, 0.717) is 44.1 Å². The number of nitrogens with one attached hydrogen (secondary N) is 1. The van der Waals surface area contributed by atoms with Crippen LogP contribution in [0.25, 0.3) is 0 Å². The van der Waals surface area contributed by atoms with Crippen molar-refractivity contribution in [2.24, 2.45) is 0 Å². The van der Waals surface area contributed by atoms with Gasteiger partial charge in [-0.3, -0.25) is 9.78 Å². The predicted octanol–water partition coefficient (Wildman–Crippen LogP) is 3.80. The van der Waals surface area contributed by atoms with Crippen molar-refractivity contribution in [3.63, 3.8) is 0 Å². The van der Waals surface area contributed by atoms with Crippen molar-refractivity contribution >= 4 is 17.3 Å². The van der Waals surface area contributed by atoms with E-state index in [1.54, 1.807) is 29.3 Å². The fourth-order valence-corrected chi connectivity index (χ4v) is 3.48. The van der Waals surface area contributed by atoms with Crippen LogP contribution in [0.4, 0.5) is 15.8 Å². The topological polar surface area (TPSA) is 48.5 Å². The number of nitrogens with zero attached hydrogens (tertiary/aromatic N) is 3. The van der Waals surface area contributed by atoms with Crippen molar-refractivity contribution in [3.8, 4) is 0 Å². The van der Waals surface area contributed by atoms with E-state index >= 15 is 0 Å². The molecule has 1 fully saturated rings. The molecule has 29 heavy (non-hydrogen) atoms. The Morgan fingerprint density at radius 2 is 1.69 bits per heavy atom. The molecule has 1 aliphatic heterocycles. The van der Waals surface area contributed by atoms with E-state index < -0.39 is 0 Å². The minimum atomic E-state index is -0.230. The summed E-state index contributed by atoms with van der Waals surface area (Å²) in [5, 5.41) is 3.33. The minimum Gasteiger partial charge on any atom is -0.381 e. The quantitative estimate of drug-likeness (QED) is 0.720. The summed E-state index contributed by atoms with van der Waals surface area (Å²) in [6.45, 7) is 2.95. The summed E-state index contributed by atoms with van der Waals surface area (Å²) in [7, 11) is 0. The Hall–Kier alpha value is -3.41. The normalized spacial score (nSPS) is 14.0. The van der Waals surface area contributed by atoms with Crippen LogP contribution in [0.15, 0.2) is 72.9 Å². The Labute approximate surface area is 169 Å². The van der Waals surface area contributed by atoms with Gasteiger partial charge in [0, 0.05) is 44.6 Å². The van der Waals surface area contributed by atoms with Gasteiger partial charge in [-0.25, -0.2) is 4.39 Å². The zero-order chi connectivity index (χ0) is 20.1. The number of hydrogen-bond acceptors (Lipinski definition) is 4. The molecule has 0 aliphatic carbocycles. The third-order valence-electron chi connectivity index (χ3n) is 5.08. The number of para-hydroxylation sites is 1. The van der Waals surface area contributed by atoms with Crippen LogP contribution in [0.3, 0.4) is 0 Å². The zero-order valence-corrected chi connectivity index (χ0v) is 16.1. The van der Waals surface area contributed by atoms with Crippen LogP contribution in [0.2, 0.25) is 0 Å². The molecule has 0 atom stereocenters. The molecule has 1 aromatic heterocycles. The molecule has 0 unspecified atom stereocenters. The molecular formula is C23H23FN4O. The van der Waals surface area contributed by atoms with Gasteiger partial charge in [0.25, 0.3) is 5.91 Å². The second-order valence-corrected chi connectivity index (χ2v) is 7.00. The van der Waals surface area contributed by atoms with Gasteiger partial charge >= 0.3 is 0 Å². The van der Waals surface area contributed by atoms with E-state index in [1.807, 2.05) is 35.2 Å². The van der Waals surface area contributed by atoms with Crippen LogP contribution in [-0.4, -0.2) is 42.0 Å². The van der Waals surface area contributed by atoms with Gasteiger partial charge in [0.15, 0.2) is 0 Å². The molecule has 148 valence electrons. The maximum absolute atomic E-state index is 14.0. The molecule has 1 saturated heterocycles. The molecule has 0 spiro atoms. The van der Waals surface area contributed by atoms with Crippen molar-refractivity contribution in [1.29, 1.82) is 0 Å². The Morgan fingerprint density at radius 3 is 2.45 bits per heavy atom. The highest BCUT2D eigenvalue weighted by Gasteiger charge is 2.24. The Bertz CT molecular complexity index is 971. The number of anilines is 2. The SMILES string of the molecule is O=C(c1cc(NCc2ccccc2)ccn1)N1CCN(c2ccccc2F)CC1. The van der Waals surface area contributed by atoms with Crippen molar-refractivity contribution in [2.75, 3.05) is 36.4 Å². The van der Waals surface area contributed by atoms with E-state index in [9.17, 15) is 9.18 Å². The lowest BCUT2D eigenvalue weighted by molar-refractivity contribution is 0.0741. The number of pyridine rings is 1. The van der Waals surface area contributed by atoms with E-state index in [-0.39, 0.29) is 11.7 Å². The predicted molar refractivity (Wildman–Crippen MR) is 113 cm³/mol. The minimum absolute atomic E-state index is 0.0958. The molecule has 5 nitrogen and oxygen atoms in total. The maximum Gasteiger partial charge on any atom is 0.272 e. The second kappa shape index (κ2) is 8.73. The average Bonchev–Trinajstić information content (AvgIpc) is 2.79. The summed E-state index contributed by atoms with van der Waals surface area (Å²) in [6.07, 6.45) is 1.65. The van der Waals surface area contributed by atoms with Gasteiger partial charge in [-0.2, -0.15) is 0 Å². The van der Waals surface area contributed by atoms with Gasteiger partial charge in [-0.05, 0) is 29.8 Å². The van der Waals surface area contributed by atoms with Crippen molar-refractivity contribution < 1.29 is 9.18 Å². The van der Waals surface area contributed by atoms with Gasteiger partial charge in [0.05, 0.1) is 5.69 Å². The highest BCUT2D eigenvalue weighted by molar-refractivity contribution is 5.93. The lowest BCUT2D eigenvalue weighted by atomic mass is 10.2. The fraction of sp³-hybridized carbons (Fsp3) is 0.217. The molecule has 0 radical (unpaired) electrons. The molecule has 3 aromatic rings. The lowest BCUT2D eigenvalue weighted by Gasteiger charge is -2.36. The highest BCUT2D eigenvalue weighted by Crippen LogP contribution is 2.21. The molecule has 0 bridgehead atoms. The first kappa shape index (κ1) is 18.9. The van der Waals surface area contributed by atoms with Crippen LogP contribution in [0.5, 0.6) is 0 Å². The molecule has 1 N–H and O–H groups in total. The molecule has 6 heteroatoms. The summed E-state index contributed by atoms with van der Waals surface area (Å²) < 4.78 is 14.0. The standard InChI is InChI=1S/C23H23FN4O/c24-20-8-4-5-9-22(20)27-12-14-28(15-13-27)23(29)21-16-19(10-11-25-21)26-17-18-6-2-1-3-7-18/h1-11,16H,12-15,17H2,(H,25,26). The average molecular weight is 390 g/mol. The Balaban J connectivity index is 1.37. The maximum atomic E-state index is 14.0. The molecule has 4 rings (SSSR count). The number of halogens is 1. The van der Waals surface area contributed by atoms with Crippen LogP contribution in [0.1, 0.15) is 16.1 Å². The van der Waals surface area contributed by atoms with E-state index in [0.717, 1.165) is 5.69 Å². The van der Waals surface area contributed by atoms with Crippen molar-refractivity contribution in [1.82, 2.24) is 9.88 Å². The summed E-state index contributed by atoms with van der Waals surface area (Å²) in [5.74, 6) is -0.326. The van der Waals surface area contributed by atoms with E-state index in [4.69, 9.17) is 0 Å². The van der Waals surface area contributed by atoms with Gasteiger partial charge in [0.2, 0.25) is 0 Å². The third-order valence-corrected chi connectivity index (χ3v) is 5.08. The van der Waals surface area contributed by atoms with Crippen molar-refractivity contribution in [3.05, 3.63) is 90.0 Å². The molecule has 1 amide bonds. The first-order valence-electron chi connectivity index (χ1n) is 9.73. The highest BCUT2D eigenvalue weighted by atomic mass is 19.1. The smallest absolute Gasteiger partial charge is 0.272 e. The summed E-state index contributed by atoms with van der Waals surface area (Å²) in [5.41, 5.74) is 3.03. The molecule has 1 aliphatic rings. The van der Waals surface area contributed by atoms with Gasteiger partial charge in [0.1, 0.15) is 11.5 Å². The zero-order valence-electron chi connectivity index (χ0n) is 16.1. The summed E-state index contributed by atoms with van der Waals surface area (Å²) >= 11 is 0. The van der Waals surface area contributed by atoms with Crippen LogP contribution in [0, 0.1) is 5.82 Å². The summed E-state index contributed by atoms with van der Waals surface area (Å²) in [4.78, 5) is 20.9. The first-order valence-corrected chi connectivity index (χ1v) is 9.73. The van der Waals surface area contributed by atoms with Crippen LogP contribution in [-0.2, 0) is 6.54 Å². The number of carbonyl (C=O) groups is 1. The van der Waals surface area contributed by atoms with Gasteiger partial charge < -0.3 is 15.1 Å². The Morgan fingerprint density at radius 1 is 0.966 bits per heavy atom. The van der Waals surface area contributed by atoms with E-state index in [2.05, 4.69) is 22.4 Å². The number of hydrogen-bond donors (Lipinski definition) is 1. The number of aromatic nitrogens is 1. The summed E-state index contributed by atoms with van der Waals surface area (Å²) in [6, 6.07) is 20.5. The number of amides is 1. The monoisotopic (exact) mass is 390 g/mol. The third kappa shape index (κ3) is 4.54. The first-order chi connectivity index (χ1) is 14.2. The van der Waals surface area contributed by atoms with E-state index in [1.165, 1.54) is 11.6 Å².